The van der Waals surface area contributed by atoms with Crippen molar-refractivity contribution in [2.45, 2.75) is 58.6 Å². The second-order valence-corrected chi connectivity index (χ2v) is 10.4. The van der Waals surface area contributed by atoms with Gasteiger partial charge in [-0.15, -0.1) is 0 Å². The number of nitrogens with one attached hydrogen (secondary N) is 2. The molecule has 6 atom stereocenters. The fraction of sp³-hybridized carbons (Fsp3) is 0.448. The molecule has 1 aliphatic heterocycles. The van der Waals surface area contributed by atoms with Crippen molar-refractivity contribution in [3.05, 3.63) is 71.5 Å². The van der Waals surface area contributed by atoms with E-state index in [0.29, 0.717) is 12.3 Å². The molecular weight excluding hydrogens is 424 g/mol. The number of fused-ring (bicyclic) bond motifs is 1. The number of benzene rings is 1. The molecule has 0 bridgehead atoms. The molecule has 1 fully saturated rings. The lowest BCUT2D eigenvalue weighted by molar-refractivity contribution is -0.144. The quantitative estimate of drug-likeness (QED) is 0.453. The van der Waals surface area contributed by atoms with E-state index < -0.39 is 17.4 Å². The van der Waals surface area contributed by atoms with Crippen LogP contribution in [0.15, 0.2) is 65.9 Å². The Morgan fingerprint density at radius 1 is 1.12 bits per heavy atom. The van der Waals surface area contributed by atoms with Crippen LogP contribution in [0.1, 0.15) is 45.6 Å². The molecule has 5 nitrogen and oxygen atoms in total. The van der Waals surface area contributed by atoms with Crippen molar-refractivity contribution in [2.75, 3.05) is 0 Å². The number of aliphatic hydroxyl groups excluding tert-OH is 1. The molecule has 3 aliphatic rings. The van der Waals surface area contributed by atoms with Crippen LogP contribution in [0.5, 0.6) is 0 Å². The minimum atomic E-state index is -1.33. The molecule has 5 heteroatoms. The minimum Gasteiger partial charge on any atom is -0.388 e. The third-order valence-corrected chi connectivity index (χ3v) is 8.48. The SMILES string of the molecule is CC1=C(C)[C@H]2[C@H](Cc3c[nH]c4ccccc34)NC(=O)[C@]23C(=O)/C=C\CC[C@@H](C)C/C=C/[C@H]3[C@@H]1O. The Kier molecular flexibility index (Phi) is 5.85. The molecule has 2 heterocycles. The summed E-state index contributed by atoms with van der Waals surface area (Å²) in [5.41, 5.74) is 2.67. The monoisotopic (exact) mass is 458 g/mol. The highest BCUT2D eigenvalue weighted by Crippen LogP contribution is 2.55. The number of rotatable bonds is 2. The van der Waals surface area contributed by atoms with Crippen LogP contribution in [0.2, 0.25) is 0 Å². The molecule has 0 unspecified atom stereocenters. The summed E-state index contributed by atoms with van der Waals surface area (Å²) in [5.74, 6) is -0.873. The summed E-state index contributed by atoms with van der Waals surface area (Å²) in [6.45, 7) is 6.12. The number of allylic oxidation sites excluding steroid dienone is 3. The summed E-state index contributed by atoms with van der Waals surface area (Å²) in [5, 5.41) is 15.7. The van der Waals surface area contributed by atoms with Gasteiger partial charge in [-0.05, 0) is 68.7 Å². The summed E-state index contributed by atoms with van der Waals surface area (Å²) in [6, 6.07) is 7.91. The van der Waals surface area contributed by atoms with Crippen LogP contribution in [-0.4, -0.2) is 33.9 Å². The highest BCUT2D eigenvalue weighted by molar-refractivity contribution is 6.14. The van der Waals surface area contributed by atoms with Crippen LogP contribution < -0.4 is 5.32 Å². The normalized spacial score (nSPS) is 35.9. The number of aromatic nitrogens is 1. The Balaban J connectivity index is 1.64. The molecule has 1 amide bonds. The van der Waals surface area contributed by atoms with Gasteiger partial charge >= 0.3 is 0 Å². The number of hydrogen-bond donors (Lipinski definition) is 3. The Morgan fingerprint density at radius 2 is 1.91 bits per heavy atom. The summed E-state index contributed by atoms with van der Waals surface area (Å²) >= 11 is 0. The van der Waals surface area contributed by atoms with E-state index in [2.05, 4.69) is 29.4 Å². The maximum atomic E-state index is 13.9. The number of ketones is 1. The number of carbonyl (C=O) groups is 2. The van der Waals surface area contributed by atoms with Gasteiger partial charge in [-0.25, -0.2) is 0 Å². The molecule has 0 saturated carbocycles. The van der Waals surface area contributed by atoms with Gasteiger partial charge in [-0.2, -0.15) is 0 Å². The highest BCUT2D eigenvalue weighted by atomic mass is 16.3. The van der Waals surface area contributed by atoms with E-state index in [1.807, 2.05) is 50.4 Å². The fourth-order valence-corrected chi connectivity index (χ4v) is 6.51. The van der Waals surface area contributed by atoms with Crippen molar-refractivity contribution in [2.24, 2.45) is 23.2 Å². The van der Waals surface area contributed by atoms with Gasteiger partial charge in [0.1, 0.15) is 5.41 Å². The van der Waals surface area contributed by atoms with Crippen molar-refractivity contribution in [3.63, 3.8) is 0 Å². The van der Waals surface area contributed by atoms with E-state index in [1.54, 1.807) is 6.08 Å². The molecule has 1 saturated heterocycles. The van der Waals surface area contributed by atoms with E-state index in [1.165, 1.54) is 0 Å². The fourth-order valence-electron chi connectivity index (χ4n) is 6.51. The first-order chi connectivity index (χ1) is 16.4. The van der Waals surface area contributed by atoms with Crippen molar-refractivity contribution in [1.29, 1.82) is 0 Å². The van der Waals surface area contributed by atoms with E-state index in [0.717, 1.165) is 46.9 Å². The molecule has 1 spiro atoms. The first kappa shape index (κ1) is 22.9. The van der Waals surface area contributed by atoms with Crippen LogP contribution in [0.25, 0.3) is 10.9 Å². The zero-order valence-corrected chi connectivity index (χ0v) is 20.2. The maximum absolute atomic E-state index is 13.9. The number of aliphatic hydroxyl groups is 1. The van der Waals surface area contributed by atoms with Crippen LogP contribution in [0.3, 0.4) is 0 Å². The molecule has 1 aromatic carbocycles. The van der Waals surface area contributed by atoms with Crippen LogP contribution in [0.4, 0.5) is 0 Å². The molecule has 0 radical (unpaired) electrons. The van der Waals surface area contributed by atoms with E-state index in [4.69, 9.17) is 0 Å². The molecule has 5 rings (SSSR count). The van der Waals surface area contributed by atoms with Gasteiger partial charge in [0.15, 0.2) is 5.78 Å². The van der Waals surface area contributed by atoms with Gasteiger partial charge < -0.3 is 15.4 Å². The predicted molar refractivity (Wildman–Crippen MR) is 134 cm³/mol. The highest BCUT2D eigenvalue weighted by Gasteiger charge is 2.66. The molecule has 1 aromatic heterocycles. The average Bonchev–Trinajstić information content (AvgIpc) is 3.35. The van der Waals surface area contributed by atoms with Crippen molar-refractivity contribution < 1.29 is 14.7 Å². The van der Waals surface area contributed by atoms with Gasteiger partial charge in [-0.3, -0.25) is 9.59 Å². The predicted octanol–water partition coefficient (Wildman–Crippen LogP) is 4.64. The zero-order chi connectivity index (χ0) is 24.0. The second-order valence-electron chi connectivity index (χ2n) is 10.4. The largest absolute Gasteiger partial charge is 0.388 e. The first-order valence-electron chi connectivity index (χ1n) is 12.4. The first-order valence-corrected chi connectivity index (χ1v) is 12.4. The lowest BCUT2D eigenvalue weighted by atomic mass is 9.55. The number of carbonyl (C=O) groups excluding carboxylic acids is 2. The lowest BCUT2D eigenvalue weighted by Crippen LogP contribution is -2.55. The van der Waals surface area contributed by atoms with Crippen molar-refractivity contribution >= 4 is 22.6 Å². The van der Waals surface area contributed by atoms with Gasteiger partial charge in [0.05, 0.1) is 6.10 Å². The Bertz CT molecular complexity index is 1220. The van der Waals surface area contributed by atoms with Crippen LogP contribution >= 0.6 is 0 Å². The maximum Gasteiger partial charge on any atom is 0.235 e. The second kappa shape index (κ2) is 8.70. The molecule has 2 aromatic rings. The van der Waals surface area contributed by atoms with Gasteiger partial charge in [0, 0.05) is 35.0 Å². The third kappa shape index (κ3) is 3.40. The van der Waals surface area contributed by atoms with E-state index in [-0.39, 0.29) is 23.7 Å². The summed E-state index contributed by atoms with van der Waals surface area (Å²) in [7, 11) is 0. The number of para-hydroxylation sites is 1. The van der Waals surface area contributed by atoms with Crippen LogP contribution in [-0.2, 0) is 16.0 Å². The molecule has 3 N–H and O–H groups in total. The number of amides is 1. The lowest BCUT2D eigenvalue weighted by Gasteiger charge is -2.45. The average molecular weight is 459 g/mol. The summed E-state index contributed by atoms with van der Waals surface area (Å²) < 4.78 is 0. The number of hydrogen-bond acceptors (Lipinski definition) is 3. The minimum absolute atomic E-state index is 0.188. The zero-order valence-electron chi connectivity index (χ0n) is 20.2. The Labute approximate surface area is 201 Å². The molecule has 178 valence electrons. The number of H-pyrrole nitrogens is 1. The Hall–Kier alpha value is -2.92. The van der Waals surface area contributed by atoms with Gasteiger partial charge in [0.2, 0.25) is 5.91 Å². The van der Waals surface area contributed by atoms with E-state index >= 15 is 0 Å². The standard InChI is InChI=1S/C29H34N2O3/c1-17-9-4-7-14-25(32)29-22(12-8-10-17)27(33)19(3)18(2)26(29)24(31-28(29)34)15-20-16-30-23-13-6-5-11-21(20)23/h5-8,11-14,16-17,22,24,26-27,30,33H,4,9-10,15H2,1-3H3,(H,31,34)/b12-8+,14-7-/t17-,22+,24+,26+,27-,29-/m1/s1. The molecule has 34 heavy (non-hydrogen) atoms. The summed E-state index contributed by atoms with van der Waals surface area (Å²) in [6.07, 6.45) is 12.0. The third-order valence-electron chi connectivity index (χ3n) is 8.48. The number of aromatic amines is 1. The molecular formula is C29H34N2O3. The molecule has 2 aliphatic carbocycles. The van der Waals surface area contributed by atoms with Crippen LogP contribution in [0, 0.1) is 23.2 Å². The van der Waals surface area contributed by atoms with Crippen molar-refractivity contribution in [3.8, 4) is 0 Å². The van der Waals surface area contributed by atoms with Crippen molar-refractivity contribution in [1.82, 2.24) is 10.3 Å². The van der Waals surface area contributed by atoms with E-state index in [9.17, 15) is 14.7 Å². The van der Waals surface area contributed by atoms with Gasteiger partial charge in [-0.1, -0.05) is 48.9 Å². The smallest absolute Gasteiger partial charge is 0.235 e. The summed E-state index contributed by atoms with van der Waals surface area (Å²) in [4.78, 5) is 31.1. The topological polar surface area (TPSA) is 82.2 Å². The Morgan fingerprint density at radius 3 is 2.74 bits per heavy atom. The van der Waals surface area contributed by atoms with Gasteiger partial charge in [0.25, 0.3) is 0 Å².